The van der Waals surface area contributed by atoms with Crippen molar-refractivity contribution in [3.05, 3.63) is 59.7 Å². The van der Waals surface area contributed by atoms with Crippen molar-refractivity contribution in [2.45, 2.75) is 32.8 Å². The van der Waals surface area contributed by atoms with Crippen molar-refractivity contribution in [1.82, 2.24) is 10.9 Å². The molecule has 1 aliphatic heterocycles. The number of fused-ring (bicyclic) bond motifs is 1. The number of hydrogen-bond acceptors (Lipinski definition) is 4. The van der Waals surface area contributed by atoms with Gasteiger partial charge in [-0.1, -0.05) is 35.9 Å². The molecule has 1 unspecified atom stereocenters. The van der Waals surface area contributed by atoms with E-state index in [4.69, 9.17) is 4.74 Å². The zero-order valence-electron chi connectivity index (χ0n) is 15.7. The minimum absolute atomic E-state index is 0.199. The number of rotatable bonds is 5. The third kappa shape index (κ3) is 5.00. The fourth-order valence-electron chi connectivity index (χ4n) is 3.10. The molecule has 142 valence electrons. The number of amides is 2. The number of aryl methyl sites for hydroxylation is 2. The number of para-hydroxylation sites is 1. The van der Waals surface area contributed by atoms with Crippen LogP contribution in [-0.4, -0.2) is 31.0 Å². The standard InChI is InChI=1S/C21H25N3O3/c1-15-9-11-18(12-10-15)27-16(2)21(26)23-22-20(25)14-24-13-5-7-17-6-3-4-8-19(17)24/h3-4,6,8-12,16H,5,7,13-14H2,1-2H3,(H,22,25)(H,23,26). The molecule has 6 heteroatoms. The van der Waals surface area contributed by atoms with E-state index < -0.39 is 12.0 Å². The zero-order valence-corrected chi connectivity index (χ0v) is 15.7. The Morgan fingerprint density at radius 2 is 1.85 bits per heavy atom. The second kappa shape index (κ2) is 8.58. The van der Waals surface area contributed by atoms with Crippen LogP contribution in [0.15, 0.2) is 48.5 Å². The SMILES string of the molecule is Cc1ccc(OC(C)C(=O)NNC(=O)CN2CCCc3ccccc32)cc1. The number of ether oxygens (including phenoxy) is 1. The Morgan fingerprint density at radius 1 is 1.11 bits per heavy atom. The fourth-order valence-corrected chi connectivity index (χ4v) is 3.10. The van der Waals surface area contributed by atoms with Crippen molar-refractivity contribution in [1.29, 1.82) is 0 Å². The Labute approximate surface area is 159 Å². The summed E-state index contributed by atoms with van der Waals surface area (Å²) in [5, 5.41) is 0. The molecule has 0 aliphatic carbocycles. The van der Waals surface area contributed by atoms with E-state index in [0.29, 0.717) is 5.75 Å². The molecule has 2 amide bonds. The minimum Gasteiger partial charge on any atom is -0.481 e. The third-order valence-electron chi connectivity index (χ3n) is 4.57. The van der Waals surface area contributed by atoms with E-state index in [1.54, 1.807) is 6.92 Å². The van der Waals surface area contributed by atoms with Crippen LogP contribution < -0.4 is 20.5 Å². The van der Waals surface area contributed by atoms with Gasteiger partial charge in [0, 0.05) is 12.2 Å². The molecule has 0 radical (unpaired) electrons. The predicted octanol–water partition coefficient (Wildman–Crippen LogP) is 2.36. The highest BCUT2D eigenvalue weighted by Gasteiger charge is 2.20. The van der Waals surface area contributed by atoms with Gasteiger partial charge in [0.25, 0.3) is 11.8 Å². The molecule has 1 heterocycles. The van der Waals surface area contributed by atoms with Gasteiger partial charge in [0.15, 0.2) is 6.10 Å². The summed E-state index contributed by atoms with van der Waals surface area (Å²) in [4.78, 5) is 26.4. The molecule has 0 aromatic heterocycles. The highest BCUT2D eigenvalue weighted by Crippen LogP contribution is 2.26. The van der Waals surface area contributed by atoms with Gasteiger partial charge in [0.05, 0.1) is 6.54 Å². The van der Waals surface area contributed by atoms with E-state index in [9.17, 15) is 9.59 Å². The number of hydrazine groups is 1. The molecule has 2 N–H and O–H groups in total. The number of hydrogen-bond donors (Lipinski definition) is 2. The van der Waals surface area contributed by atoms with Crippen molar-refractivity contribution < 1.29 is 14.3 Å². The lowest BCUT2D eigenvalue weighted by Gasteiger charge is -2.30. The Bertz CT molecular complexity index is 805. The van der Waals surface area contributed by atoms with Crippen molar-refractivity contribution >= 4 is 17.5 Å². The summed E-state index contributed by atoms with van der Waals surface area (Å²) >= 11 is 0. The number of carbonyl (C=O) groups is 2. The molecule has 2 aromatic rings. The number of benzene rings is 2. The van der Waals surface area contributed by atoms with E-state index in [0.717, 1.165) is 30.6 Å². The van der Waals surface area contributed by atoms with Gasteiger partial charge in [0.1, 0.15) is 5.75 Å². The summed E-state index contributed by atoms with van der Waals surface area (Å²) in [6.45, 7) is 4.65. The molecule has 3 rings (SSSR count). The Balaban J connectivity index is 1.47. The Kier molecular flexibility index (Phi) is 5.96. The fraction of sp³-hybridized carbons (Fsp3) is 0.333. The molecular weight excluding hydrogens is 342 g/mol. The van der Waals surface area contributed by atoms with Crippen LogP contribution in [0.3, 0.4) is 0 Å². The van der Waals surface area contributed by atoms with Crippen molar-refractivity contribution in [3.8, 4) is 5.75 Å². The largest absolute Gasteiger partial charge is 0.481 e. The Morgan fingerprint density at radius 3 is 2.63 bits per heavy atom. The molecule has 0 bridgehead atoms. The van der Waals surface area contributed by atoms with Gasteiger partial charge in [-0.05, 0) is 50.5 Å². The summed E-state index contributed by atoms with van der Waals surface area (Å²) in [6, 6.07) is 15.6. The van der Waals surface area contributed by atoms with Gasteiger partial charge in [-0.15, -0.1) is 0 Å². The zero-order chi connectivity index (χ0) is 19.2. The first-order chi connectivity index (χ1) is 13.0. The first-order valence-corrected chi connectivity index (χ1v) is 9.18. The molecule has 1 aliphatic rings. The predicted molar refractivity (Wildman–Crippen MR) is 105 cm³/mol. The van der Waals surface area contributed by atoms with Crippen LogP contribution in [0.1, 0.15) is 24.5 Å². The Hall–Kier alpha value is -3.02. The van der Waals surface area contributed by atoms with Crippen LogP contribution in [0.4, 0.5) is 5.69 Å². The number of nitrogens with zero attached hydrogens (tertiary/aromatic N) is 1. The van der Waals surface area contributed by atoms with E-state index in [1.165, 1.54) is 5.56 Å². The van der Waals surface area contributed by atoms with Gasteiger partial charge in [0.2, 0.25) is 0 Å². The van der Waals surface area contributed by atoms with E-state index in [-0.39, 0.29) is 12.5 Å². The van der Waals surface area contributed by atoms with Crippen molar-refractivity contribution in [2.75, 3.05) is 18.0 Å². The summed E-state index contributed by atoms with van der Waals surface area (Å²) in [5.41, 5.74) is 8.37. The van der Waals surface area contributed by atoms with Crippen LogP contribution in [0.5, 0.6) is 5.75 Å². The van der Waals surface area contributed by atoms with Crippen LogP contribution in [0, 0.1) is 6.92 Å². The maximum absolute atomic E-state index is 12.2. The average molecular weight is 367 g/mol. The van der Waals surface area contributed by atoms with E-state index in [2.05, 4.69) is 16.9 Å². The summed E-state index contributed by atoms with van der Waals surface area (Å²) < 4.78 is 5.59. The highest BCUT2D eigenvalue weighted by atomic mass is 16.5. The molecule has 1 atom stereocenters. The van der Waals surface area contributed by atoms with Gasteiger partial charge in [-0.3, -0.25) is 20.4 Å². The second-order valence-electron chi connectivity index (χ2n) is 6.76. The van der Waals surface area contributed by atoms with Crippen LogP contribution in [-0.2, 0) is 16.0 Å². The maximum Gasteiger partial charge on any atom is 0.279 e. The smallest absolute Gasteiger partial charge is 0.279 e. The molecule has 6 nitrogen and oxygen atoms in total. The number of anilines is 1. The lowest BCUT2D eigenvalue weighted by Crippen LogP contribution is -2.50. The summed E-state index contributed by atoms with van der Waals surface area (Å²) in [6.07, 6.45) is 1.32. The first kappa shape index (κ1) is 18.8. The quantitative estimate of drug-likeness (QED) is 0.796. The van der Waals surface area contributed by atoms with Gasteiger partial charge in [-0.25, -0.2) is 0 Å². The first-order valence-electron chi connectivity index (χ1n) is 9.18. The topological polar surface area (TPSA) is 70.7 Å². The minimum atomic E-state index is -0.719. The molecule has 2 aromatic carbocycles. The maximum atomic E-state index is 12.2. The van der Waals surface area contributed by atoms with Gasteiger partial charge >= 0.3 is 0 Å². The highest BCUT2D eigenvalue weighted by molar-refractivity contribution is 5.86. The molecule has 0 spiro atoms. The van der Waals surface area contributed by atoms with Crippen LogP contribution in [0.25, 0.3) is 0 Å². The van der Waals surface area contributed by atoms with Gasteiger partial charge < -0.3 is 9.64 Å². The molecule has 27 heavy (non-hydrogen) atoms. The molecule has 0 saturated heterocycles. The van der Waals surface area contributed by atoms with Crippen LogP contribution in [0.2, 0.25) is 0 Å². The van der Waals surface area contributed by atoms with E-state index >= 15 is 0 Å². The average Bonchev–Trinajstić information content (AvgIpc) is 2.68. The van der Waals surface area contributed by atoms with Crippen molar-refractivity contribution in [3.63, 3.8) is 0 Å². The van der Waals surface area contributed by atoms with E-state index in [1.807, 2.05) is 54.3 Å². The molecular formula is C21H25N3O3. The van der Waals surface area contributed by atoms with Crippen LogP contribution >= 0.6 is 0 Å². The second-order valence-corrected chi connectivity index (χ2v) is 6.76. The lowest BCUT2D eigenvalue weighted by atomic mass is 10.0. The normalized spacial score (nSPS) is 14.1. The van der Waals surface area contributed by atoms with Gasteiger partial charge in [-0.2, -0.15) is 0 Å². The lowest BCUT2D eigenvalue weighted by molar-refractivity contribution is -0.132. The summed E-state index contributed by atoms with van der Waals surface area (Å²) in [7, 11) is 0. The van der Waals surface area contributed by atoms with Crippen molar-refractivity contribution in [2.24, 2.45) is 0 Å². The number of nitrogens with one attached hydrogen (secondary N) is 2. The number of carbonyl (C=O) groups excluding carboxylic acids is 2. The molecule has 0 saturated carbocycles. The molecule has 0 fully saturated rings. The third-order valence-corrected chi connectivity index (χ3v) is 4.57. The summed E-state index contributed by atoms with van der Waals surface area (Å²) in [5.74, 6) is -0.0509. The monoisotopic (exact) mass is 367 g/mol.